The molecule has 0 spiro atoms. The van der Waals surface area contributed by atoms with E-state index >= 15 is 0 Å². The smallest absolute Gasteiger partial charge is 0.323 e. The minimum Gasteiger partial charge on any atom is -0.480 e. The highest BCUT2D eigenvalue weighted by Gasteiger charge is 2.33. The number of carbonyl (C=O) groups is 2. The highest BCUT2D eigenvalue weighted by molar-refractivity contribution is 7.89. The average molecular weight is 399 g/mol. The lowest BCUT2D eigenvalue weighted by Crippen LogP contribution is -2.50. The molecule has 0 atom stereocenters. The Labute approximate surface area is 156 Å². The van der Waals surface area contributed by atoms with E-state index in [1.165, 1.54) is 22.5 Å². The van der Waals surface area contributed by atoms with Gasteiger partial charge in [-0.05, 0) is 25.8 Å². The third-order valence-corrected chi connectivity index (χ3v) is 6.37. The molecule has 1 aromatic carbocycles. The fourth-order valence-electron chi connectivity index (χ4n) is 3.05. The van der Waals surface area contributed by atoms with E-state index in [9.17, 15) is 28.1 Å². The fraction of sp³-hybridized carbons (Fsp3) is 0.500. The Balaban J connectivity index is 2.21. The van der Waals surface area contributed by atoms with Gasteiger partial charge in [-0.2, -0.15) is 0 Å². The number of nitro groups is 1. The van der Waals surface area contributed by atoms with Crippen LogP contribution in [0.1, 0.15) is 30.1 Å². The van der Waals surface area contributed by atoms with Crippen molar-refractivity contribution in [2.75, 3.05) is 25.4 Å². The number of rotatable bonds is 7. The molecule has 1 aromatic rings. The summed E-state index contributed by atoms with van der Waals surface area (Å²) >= 11 is 0. The number of aliphatic carboxylic acids is 1. The van der Waals surface area contributed by atoms with Crippen LogP contribution in [-0.4, -0.2) is 71.0 Å². The number of carbonyl (C=O) groups excluding carboxylic acids is 1. The van der Waals surface area contributed by atoms with E-state index in [-0.39, 0.29) is 30.1 Å². The maximum absolute atomic E-state index is 12.8. The number of piperidine rings is 1. The summed E-state index contributed by atoms with van der Waals surface area (Å²) in [6.45, 7) is 1.37. The van der Waals surface area contributed by atoms with Crippen LogP contribution >= 0.6 is 0 Å². The van der Waals surface area contributed by atoms with Crippen LogP contribution in [0.4, 0.5) is 5.69 Å². The maximum atomic E-state index is 12.8. The molecule has 0 aromatic heterocycles. The van der Waals surface area contributed by atoms with Crippen molar-refractivity contribution in [2.45, 2.75) is 25.8 Å². The van der Waals surface area contributed by atoms with Crippen molar-refractivity contribution in [1.82, 2.24) is 9.21 Å². The van der Waals surface area contributed by atoms with Crippen molar-refractivity contribution in [3.8, 4) is 0 Å². The van der Waals surface area contributed by atoms with Gasteiger partial charge < -0.3 is 10.0 Å². The summed E-state index contributed by atoms with van der Waals surface area (Å²) in [5.41, 5.74) is -0.242. The van der Waals surface area contributed by atoms with E-state index in [4.69, 9.17) is 5.11 Å². The topological polar surface area (TPSA) is 138 Å². The summed E-state index contributed by atoms with van der Waals surface area (Å²) in [5.74, 6) is -1.86. The number of carboxylic acids is 1. The quantitative estimate of drug-likeness (QED) is 0.532. The number of nitro benzene ring substituents is 1. The van der Waals surface area contributed by atoms with Gasteiger partial charge in [0.2, 0.25) is 10.0 Å². The molecule has 1 saturated heterocycles. The Bertz CT molecular complexity index is 832. The van der Waals surface area contributed by atoms with Crippen LogP contribution in [0.5, 0.6) is 0 Å². The standard InChI is InChI=1S/C16H21N3O7S/c1-2-27(25,26)17-8-6-13(7-9-17)18(11-15(20)21)16(22)12-4-3-5-14(10-12)19(23)24/h3-5,10,13H,2,6-9,11H2,1H3,(H,20,21). The average Bonchev–Trinajstić information content (AvgIpc) is 2.65. The first kappa shape index (κ1) is 20.8. The molecule has 2 rings (SSSR count). The molecule has 0 radical (unpaired) electrons. The molecule has 1 aliphatic rings. The summed E-state index contributed by atoms with van der Waals surface area (Å²) in [7, 11) is -3.34. The fourth-order valence-corrected chi connectivity index (χ4v) is 4.18. The predicted octanol–water partition coefficient (Wildman–Crippen LogP) is 0.936. The number of carboxylic acid groups (broad SMARTS) is 1. The van der Waals surface area contributed by atoms with Crippen LogP contribution in [-0.2, 0) is 14.8 Å². The van der Waals surface area contributed by atoms with Crippen LogP contribution in [0.2, 0.25) is 0 Å². The number of hydrogen-bond acceptors (Lipinski definition) is 6. The second-order valence-corrected chi connectivity index (χ2v) is 8.42. The molecule has 0 saturated carbocycles. The normalized spacial score (nSPS) is 16.0. The van der Waals surface area contributed by atoms with E-state index < -0.39 is 39.4 Å². The Hall–Kier alpha value is -2.53. The van der Waals surface area contributed by atoms with Crippen LogP contribution in [0.15, 0.2) is 24.3 Å². The van der Waals surface area contributed by atoms with Crippen molar-refractivity contribution in [2.24, 2.45) is 0 Å². The van der Waals surface area contributed by atoms with Gasteiger partial charge >= 0.3 is 5.97 Å². The Morgan fingerprint density at radius 1 is 1.33 bits per heavy atom. The largest absolute Gasteiger partial charge is 0.480 e. The van der Waals surface area contributed by atoms with Crippen molar-refractivity contribution in [3.63, 3.8) is 0 Å². The highest BCUT2D eigenvalue weighted by atomic mass is 32.2. The van der Waals surface area contributed by atoms with Crippen molar-refractivity contribution in [1.29, 1.82) is 0 Å². The summed E-state index contributed by atoms with van der Waals surface area (Å²) in [6.07, 6.45) is 0.598. The lowest BCUT2D eigenvalue weighted by atomic mass is 10.0. The Morgan fingerprint density at radius 2 is 1.96 bits per heavy atom. The first-order valence-electron chi connectivity index (χ1n) is 8.40. The summed E-state index contributed by atoms with van der Waals surface area (Å²) < 4.78 is 25.2. The summed E-state index contributed by atoms with van der Waals surface area (Å²) in [5, 5.41) is 20.1. The van der Waals surface area contributed by atoms with Gasteiger partial charge in [0.25, 0.3) is 11.6 Å². The van der Waals surface area contributed by atoms with Crippen molar-refractivity contribution in [3.05, 3.63) is 39.9 Å². The minimum absolute atomic E-state index is 0.0223. The zero-order chi connectivity index (χ0) is 20.2. The van der Waals surface area contributed by atoms with Crippen molar-refractivity contribution >= 4 is 27.6 Å². The van der Waals surface area contributed by atoms with Gasteiger partial charge in [-0.15, -0.1) is 0 Å². The van der Waals surface area contributed by atoms with Crippen molar-refractivity contribution < 1.29 is 28.0 Å². The van der Waals surface area contributed by atoms with Gasteiger partial charge in [0.15, 0.2) is 0 Å². The molecule has 1 N–H and O–H groups in total. The summed E-state index contributed by atoms with van der Waals surface area (Å²) in [6, 6.07) is 4.64. The van der Waals surface area contributed by atoms with E-state index in [1.54, 1.807) is 6.92 Å². The maximum Gasteiger partial charge on any atom is 0.323 e. The number of sulfonamides is 1. The van der Waals surface area contributed by atoms with Crippen LogP contribution in [0.3, 0.4) is 0 Å². The molecule has 0 bridgehead atoms. The molecule has 0 aliphatic carbocycles. The number of non-ortho nitro benzene ring substituents is 1. The Kier molecular flexibility index (Phi) is 6.50. The van der Waals surface area contributed by atoms with Gasteiger partial charge in [-0.3, -0.25) is 19.7 Å². The zero-order valence-corrected chi connectivity index (χ0v) is 15.6. The summed E-state index contributed by atoms with van der Waals surface area (Å²) in [4.78, 5) is 35.4. The molecule has 10 nitrogen and oxygen atoms in total. The molecule has 1 fully saturated rings. The molecule has 11 heteroatoms. The van der Waals surface area contributed by atoms with Gasteiger partial charge in [0.05, 0.1) is 10.7 Å². The SMILES string of the molecule is CCS(=O)(=O)N1CCC(N(CC(=O)O)C(=O)c2cccc([N+](=O)[O-])c2)CC1. The first-order valence-corrected chi connectivity index (χ1v) is 10.0. The lowest BCUT2D eigenvalue weighted by Gasteiger charge is -2.37. The highest BCUT2D eigenvalue weighted by Crippen LogP contribution is 2.22. The zero-order valence-electron chi connectivity index (χ0n) is 14.8. The van der Waals surface area contributed by atoms with Gasteiger partial charge in [0.1, 0.15) is 6.54 Å². The molecule has 1 aliphatic heterocycles. The van der Waals surface area contributed by atoms with E-state index in [0.717, 1.165) is 11.0 Å². The third kappa shape index (κ3) is 5.01. The molecular formula is C16H21N3O7S. The van der Waals surface area contributed by atoms with Crippen LogP contribution < -0.4 is 0 Å². The van der Waals surface area contributed by atoms with Gasteiger partial charge in [-0.25, -0.2) is 12.7 Å². The van der Waals surface area contributed by atoms with E-state index in [2.05, 4.69) is 0 Å². The van der Waals surface area contributed by atoms with Crippen LogP contribution in [0.25, 0.3) is 0 Å². The number of amides is 1. The van der Waals surface area contributed by atoms with E-state index in [1.807, 2.05) is 0 Å². The lowest BCUT2D eigenvalue weighted by molar-refractivity contribution is -0.384. The second kappa shape index (κ2) is 8.44. The monoisotopic (exact) mass is 399 g/mol. The minimum atomic E-state index is -3.34. The molecule has 148 valence electrons. The number of benzene rings is 1. The Morgan fingerprint density at radius 3 is 2.48 bits per heavy atom. The molecule has 27 heavy (non-hydrogen) atoms. The van der Waals surface area contributed by atoms with Gasteiger partial charge in [0, 0.05) is 36.8 Å². The van der Waals surface area contributed by atoms with E-state index in [0.29, 0.717) is 12.8 Å². The molecular weight excluding hydrogens is 378 g/mol. The van der Waals surface area contributed by atoms with Gasteiger partial charge in [-0.1, -0.05) is 6.07 Å². The predicted molar refractivity (Wildman–Crippen MR) is 95.8 cm³/mol. The first-order chi connectivity index (χ1) is 12.7. The molecule has 1 amide bonds. The molecule has 0 unspecified atom stereocenters. The molecule has 1 heterocycles. The number of nitrogens with zero attached hydrogens (tertiary/aromatic N) is 3. The third-order valence-electron chi connectivity index (χ3n) is 4.49. The van der Waals surface area contributed by atoms with Crippen LogP contribution in [0, 0.1) is 10.1 Å². The number of hydrogen-bond donors (Lipinski definition) is 1. The second-order valence-electron chi connectivity index (χ2n) is 6.17.